The fraction of sp³-hybridized carbons (Fsp3) is 0.444. The summed E-state index contributed by atoms with van der Waals surface area (Å²) in [4.78, 5) is 16.3. The summed E-state index contributed by atoms with van der Waals surface area (Å²) >= 11 is 1.30. The number of allylic oxidation sites excluding steroid dienone is 1. The first-order valence-corrected chi connectivity index (χ1v) is 9.76. The van der Waals surface area contributed by atoms with Crippen LogP contribution >= 0.6 is 11.8 Å². The summed E-state index contributed by atoms with van der Waals surface area (Å²) in [6.45, 7) is 2.52. The number of nitrogens with two attached hydrogens (primary N) is 1. The molecule has 1 atom stereocenters. The Morgan fingerprint density at radius 1 is 1.35 bits per heavy atom. The first kappa shape index (κ1) is 18.4. The predicted octanol–water partition coefficient (Wildman–Crippen LogP) is 2.54. The molecule has 2 aromatic rings. The molecule has 0 fully saturated rings. The second-order valence-electron chi connectivity index (χ2n) is 6.32. The topological polar surface area (TPSA) is 98.7 Å². The zero-order chi connectivity index (χ0) is 18.4. The third-order valence-electron chi connectivity index (χ3n) is 4.38. The van der Waals surface area contributed by atoms with Crippen LogP contribution in [0.5, 0.6) is 0 Å². The van der Waals surface area contributed by atoms with Crippen molar-refractivity contribution in [3.63, 3.8) is 0 Å². The van der Waals surface area contributed by atoms with Crippen molar-refractivity contribution in [1.29, 1.82) is 0 Å². The lowest BCUT2D eigenvalue weighted by molar-refractivity contribution is -0.120. The minimum Gasteiger partial charge on any atom is -0.355 e. The number of amides is 1. The lowest BCUT2D eigenvalue weighted by atomic mass is 9.97. The van der Waals surface area contributed by atoms with Crippen molar-refractivity contribution in [3.8, 4) is 11.4 Å². The first-order chi connectivity index (χ1) is 12.6. The molecule has 0 bridgehead atoms. The largest absolute Gasteiger partial charge is 0.355 e. The standard InChI is InChI=1S/C18H24N6OS/c1-13(17(25)21-12-7-14-5-3-2-4-6-14)26-18-23-22-16(24(18)19)15-8-10-20-11-9-15/h5,8-11,13H,2-4,6-7,12,19H2,1H3,(H,21,25)/t13-/m0/s1. The van der Waals surface area contributed by atoms with Gasteiger partial charge in [0.15, 0.2) is 5.82 Å². The van der Waals surface area contributed by atoms with E-state index in [1.54, 1.807) is 12.4 Å². The number of hydrogen-bond acceptors (Lipinski definition) is 6. The summed E-state index contributed by atoms with van der Waals surface area (Å²) in [5, 5.41) is 11.4. The van der Waals surface area contributed by atoms with Crippen molar-refractivity contribution >= 4 is 17.7 Å². The van der Waals surface area contributed by atoms with E-state index in [0.29, 0.717) is 17.5 Å². The van der Waals surface area contributed by atoms with Gasteiger partial charge in [0.2, 0.25) is 11.1 Å². The van der Waals surface area contributed by atoms with Crippen LogP contribution < -0.4 is 11.2 Å². The molecule has 2 heterocycles. The molecule has 0 aromatic carbocycles. The highest BCUT2D eigenvalue weighted by Gasteiger charge is 2.19. The van der Waals surface area contributed by atoms with E-state index in [1.165, 1.54) is 41.3 Å². The van der Waals surface area contributed by atoms with Crippen molar-refractivity contribution < 1.29 is 4.79 Å². The quantitative estimate of drug-likeness (QED) is 0.440. The van der Waals surface area contributed by atoms with E-state index in [0.717, 1.165) is 18.4 Å². The van der Waals surface area contributed by atoms with Crippen LogP contribution in [0, 0.1) is 0 Å². The molecule has 1 amide bonds. The van der Waals surface area contributed by atoms with Crippen LogP contribution in [0.2, 0.25) is 0 Å². The number of nitrogens with zero attached hydrogens (tertiary/aromatic N) is 4. The average molecular weight is 372 g/mol. The Kier molecular flexibility index (Phi) is 6.27. The van der Waals surface area contributed by atoms with Crippen LogP contribution in [-0.4, -0.2) is 37.6 Å². The molecule has 26 heavy (non-hydrogen) atoms. The van der Waals surface area contributed by atoms with E-state index in [-0.39, 0.29) is 11.2 Å². The molecule has 3 N–H and O–H groups in total. The second-order valence-corrected chi connectivity index (χ2v) is 7.63. The molecular weight excluding hydrogens is 348 g/mol. The van der Waals surface area contributed by atoms with Gasteiger partial charge in [-0.3, -0.25) is 9.78 Å². The minimum atomic E-state index is -0.299. The Labute approximate surface area is 157 Å². The molecule has 0 saturated carbocycles. The SMILES string of the molecule is C[C@H](Sc1nnc(-c2ccncc2)n1N)C(=O)NCCC1=CCCCC1. The Morgan fingerprint density at radius 2 is 2.15 bits per heavy atom. The maximum absolute atomic E-state index is 12.3. The van der Waals surface area contributed by atoms with Gasteiger partial charge in [-0.05, 0) is 51.2 Å². The van der Waals surface area contributed by atoms with E-state index in [4.69, 9.17) is 5.84 Å². The fourth-order valence-corrected chi connectivity index (χ4v) is 3.68. The summed E-state index contributed by atoms with van der Waals surface area (Å²) in [7, 11) is 0. The van der Waals surface area contributed by atoms with E-state index in [9.17, 15) is 4.79 Å². The molecule has 0 unspecified atom stereocenters. The van der Waals surface area contributed by atoms with E-state index in [1.807, 2.05) is 19.1 Å². The third kappa shape index (κ3) is 4.63. The van der Waals surface area contributed by atoms with E-state index >= 15 is 0 Å². The lowest BCUT2D eigenvalue weighted by Crippen LogP contribution is -2.32. The van der Waals surface area contributed by atoms with Crippen molar-refractivity contribution in [3.05, 3.63) is 36.2 Å². The molecule has 1 aliphatic carbocycles. The normalized spacial score (nSPS) is 15.3. The van der Waals surface area contributed by atoms with Gasteiger partial charge in [-0.1, -0.05) is 23.4 Å². The number of nitrogens with one attached hydrogen (secondary N) is 1. The summed E-state index contributed by atoms with van der Waals surface area (Å²) in [6, 6.07) is 3.63. The number of carbonyl (C=O) groups excluding carboxylic acids is 1. The molecule has 7 nitrogen and oxygen atoms in total. The van der Waals surface area contributed by atoms with Crippen LogP contribution in [0.1, 0.15) is 39.0 Å². The minimum absolute atomic E-state index is 0.0140. The fourth-order valence-electron chi connectivity index (χ4n) is 2.89. The highest BCUT2D eigenvalue weighted by molar-refractivity contribution is 8.00. The van der Waals surface area contributed by atoms with Gasteiger partial charge in [-0.25, -0.2) is 4.68 Å². The van der Waals surface area contributed by atoms with Gasteiger partial charge in [-0.2, -0.15) is 0 Å². The zero-order valence-corrected chi connectivity index (χ0v) is 15.7. The second kappa shape index (κ2) is 8.84. The van der Waals surface area contributed by atoms with Crippen molar-refractivity contribution in [2.75, 3.05) is 12.4 Å². The summed E-state index contributed by atoms with van der Waals surface area (Å²) < 4.78 is 1.41. The Bertz CT molecular complexity index is 773. The van der Waals surface area contributed by atoms with Gasteiger partial charge in [0.05, 0.1) is 5.25 Å². The van der Waals surface area contributed by atoms with Gasteiger partial charge < -0.3 is 11.2 Å². The van der Waals surface area contributed by atoms with Gasteiger partial charge in [0.25, 0.3) is 0 Å². The molecule has 2 aromatic heterocycles. The predicted molar refractivity (Wildman–Crippen MR) is 103 cm³/mol. The summed E-state index contributed by atoms with van der Waals surface area (Å²) in [5.41, 5.74) is 2.29. The number of thioether (sulfide) groups is 1. The maximum Gasteiger partial charge on any atom is 0.233 e. The monoisotopic (exact) mass is 372 g/mol. The Hall–Kier alpha value is -2.35. The molecule has 3 rings (SSSR count). The van der Waals surface area contributed by atoms with Crippen LogP contribution in [0.15, 0.2) is 41.3 Å². The van der Waals surface area contributed by atoms with Crippen LogP contribution in [-0.2, 0) is 4.79 Å². The van der Waals surface area contributed by atoms with Crippen molar-refractivity contribution in [1.82, 2.24) is 25.2 Å². The Morgan fingerprint density at radius 3 is 2.88 bits per heavy atom. The van der Waals surface area contributed by atoms with Gasteiger partial charge in [-0.15, -0.1) is 10.2 Å². The molecule has 0 saturated heterocycles. The smallest absolute Gasteiger partial charge is 0.233 e. The molecular formula is C18H24N6OS. The number of nitrogen functional groups attached to an aromatic ring is 1. The lowest BCUT2D eigenvalue weighted by Gasteiger charge is -2.14. The summed E-state index contributed by atoms with van der Waals surface area (Å²) in [6.07, 6.45) is 11.5. The zero-order valence-electron chi connectivity index (χ0n) is 14.9. The van der Waals surface area contributed by atoms with Crippen LogP contribution in [0.3, 0.4) is 0 Å². The maximum atomic E-state index is 12.3. The number of rotatable bonds is 7. The number of pyridine rings is 1. The van der Waals surface area contributed by atoms with Gasteiger partial charge >= 0.3 is 0 Å². The van der Waals surface area contributed by atoms with Crippen molar-refractivity contribution in [2.45, 2.75) is 49.4 Å². The van der Waals surface area contributed by atoms with E-state index in [2.05, 4.69) is 26.6 Å². The van der Waals surface area contributed by atoms with E-state index < -0.39 is 0 Å². The van der Waals surface area contributed by atoms with Crippen molar-refractivity contribution in [2.24, 2.45) is 0 Å². The highest BCUT2D eigenvalue weighted by Crippen LogP contribution is 2.24. The average Bonchev–Trinajstić information content (AvgIpc) is 3.03. The molecule has 1 aliphatic rings. The number of carbonyl (C=O) groups is 1. The van der Waals surface area contributed by atoms with Gasteiger partial charge in [0.1, 0.15) is 0 Å². The molecule has 0 aliphatic heterocycles. The molecule has 138 valence electrons. The van der Waals surface area contributed by atoms with Crippen LogP contribution in [0.25, 0.3) is 11.4 Å². The first-order valence-electron chi connectivity index (χ1n) is 8.88. The third-order valence-corrected chi connectivity index (χ3v) is 5.44. The number of hydrogen-bond donors (Lipinski definition) is 2. The highest BCUT2D eigenvalue weighted by atomic mass is 32.2. The van der Waals surface area contributed by atoms with Crippen LogP contribution in [0.4, 0.5) is 0 Å². The summed E-state index contributed by atoms with van der Waals surface area (Å²) in [5.74, 6) is 6.63. The number of aromatic nitrogens is 4. The molecule has 8 heteroatoms. The molecule has 0 radical (unpaired) electrons. The van der Waals surface area contributed by atoms with Gasteiger partial charge in [0, 0.05) is 24.5 Å². The molecule has 0 spiro atoms. The Balaban J connectivity index is 1.52.